The summed E-state index contributed by atoms with van der Waals surface area (Å²) in [6.45, 7) is 3.33. The number of hydrogen-bond acceptors (Lipinski definition) is 4. The first-order chi connectivity index (χ1) is 7.03. The quantitative estimate of drug-likeness (QED) is 0.694. The van der Waals surface area contributed by atoms with Crippen molar-refractivity contribution in [3.05, 3.63) is 0 Å². The van der Waals surface area contributed by atoms with Crippen LogP contribution in [0.25, 0.3) is 0 Å². The van der Waals surface area contributed by atoms with Crippen LogP contribution in [-0.2, 0) is 0 Å². The third-order valence-electron chi connectivity index (χ3n) is 2.18. The molecule has 0 aromatic heterocycles. The Morgan fingerprint density at radius 2 is 1.20 bits per heavy atom. The van der Waals surface area contributed by atoms with Crippen molar-refractivity contribution in [2.45, 2.75) is 26.7 Å². The van der Waals surface area contributed by atoms with Crippen LogP contribution in [0.5, 0.6) is 0 Å². The minimum atomic E-state index is -1.20. The third kappa shape index (κ3) is 3.68. The molecule has 0 aliphatic heterocycles. The molecule has 4 heteroatoms. The minimum Gasteiger partial charge on any atom is -0.198 e. The highest BCUT2D eigenvalue weighted by Gasteiger charge is 2.34. The average molecular weight is 200 g/mol. The molecule has 76 valence electrons. The summed E-state index contributed by atoms with van der Waals surface area (Å²) in [6.07, 6.45) is 0.394. The van der Waals surface area contributed by atoms with Crippen LogP contribution in [0, 0.1) is 62.6 Å². The van der Waals surface area contributed by atoms with E-state index in [0.29, 0.717) is 0 Å². The molecule has 2 unspecified atom stereocenters. The van der Waals surface area contributed by atoms with Crippen LogP contribution in [0.1, 0.15) is 26.7 Å². The van der Waals surface area contributed by atoms with Crippen molar-refractivity contribution in [3.8, 4) is 24.3 Å². The van der Waals surface area contributed by atoms with Gasteiger partial charge in [0.15, 0.2) is 0 Å². The van der Waals surface area contributed by atoms with Crippen molar-refractivity contribution in [1.82, 2.24) is 0 Å². The molecule has 0 aromatic rings. The SMILES string of the molecule is CC(C#N)CC(C#N)(C#N)CC(C)C#N. The molecule has 0 bridgehead atoms. The smallest absolute Gasteiger partial charge is 0.146 e. The van der Waals surface area contributed by atoms with Crippen molar-refractivity contribution >= 4 is 0 Å². The highest BCUT2D eigenvalue weighted by Crippen LogP contribution is 2.32. The van der Waals surface area contributed by atoms with E-state index in [2.05, 4.69) is 0 Å². The maximum absolute atomic E-state index is 8.97. The summed E-state index contributed by atoms with van der Waals surface area (Å²) in [4.78, 5) is 0. The van der Waals surface area contributed by atoms with Crippen molar-refractivity contribution < 1.29 is 0 Å². The molecular formula is C11H12N4. The van der Waals surface area contributed by atoms with Crippen molar-refractivity contribution in [3.63, 3.8) is 0 Å². The summed E-state index contributed by atoms with van der Waals surface area (Å²) in [7, 11) is 0. The predicted octanol–water partition coefficient (Wildman–Crippen LogP) is 2.12. The normalized spacial score (nSPS) is 13.7. The first kappa shape index (κ1) is 13.0. The zero-order valence-corrected chi connectivity index (χ0v) is 8.86. The van der Waals surface area contributed by atoms with E-state index in [-0.39, 0.29) is 24.7 Å². The van der Waals surface area contributed by atoms with Crippen molar-refractivity contribution in [1.29, 1.82) is 21.0 Å². The van der Waals surface area contributed by atoms with E-state index >= 15 is 0 Å². The van der Waals surface area contributed by atoms with E-state index in [9.17, 15) is 0 Å². The number of rotatable bonds is 4. The molecule has 2 atom stereocenters. The molecule has 0 amide bonds. The van der Waals surface area contributed by atoms with Gasteiger partial charge < -0.3 is 0 Å². The molecule has 0 aliphatic rings. The Bertz CT molecular complexity index is 333. The molecule has 0 saturated heterocycles. The zero-order chi connectivity index (χ0) is 11.9. The molecule has 0 aromatic carbocycles. The Balaban J connectivity index is 4.81. The topological polar surface area (TPSA) is 95.2 Å². The van der Waals surface area contributed by atoms with E-state index in [1.54, 1.807) is 13.8 Å². The van der Waals surface area contributed by atoms with Crippen LogP contribution < -0.4 is 0 Å². The molecule has 0 radical (unpaired) electrons. The van der Waals surface area contributed by atoms with Crippen molar-refractivity contribution in [2.75, 3.05) is 0 Å². The average Bonchev–Trinajstić information content (AvgIpc) is 2.27. The lowest BCUT2D eigenvalue weighted by molar-refractivity contribution is 0.364. The standard InChI is InChI=1S/C11H12N4/c1-9(5-12)3-11(7-14,8-15)4-10(2)6-13/h9-10H,3-4H2,1-2H3. The Morgan fingerprint density at radius 3 is 1.40 bits per heavy atom. The summed E-state index contributed by atoms with van der Waals surface area (Å²) in [5.41, 5.74) is -1.20. The van der Waals surface area contributed by atoms with Gasteiger partial charge in [0, 0.05) is 11.8 Å². The summed E-state index contributed by atoms with van der Waals surface area (Å²) >= 11 is 0. The van der Waals surface area contributed by atoms with E-state index in [1.807, 2.05) is 24.3 Å². The van der Waals surface area contributed by atoms with Crippen LogP contribution in [0.15, 0.2) is 0 Å². The van der Waals surface area contributed by atoms with Gasteiger partial charge in [0.2, 0.25) is 0 Å². The highest BCUT2D eigenvalue weighted by molar-refractivity contribution is 5.16. The second kappa shape index (κ2) is 5.64. The first-order valence-electron chi connectivity index (χ1n) is 4.65. The fourth-order valence-electron chi connectivity index (χ4n) is 1.43. The van der Waals surface area contributed by atoms with Gasteiger partial charge >= 0.3 is 0 Å². The molecule has 0 rings (SSSR count). The number of nitriles is 4. The molecule has 0 spiro atoms. The van der Waals surface area contributed by atoms with E-state index in [0.717, 1.165) is 0 Å². The maximum Gasteiger partial charge on any atom is 0.146 e. The minimum absolute atomic E-state index is 0.197. The van der Waals surface area contributed by atoms with Crippen LogP contribution >= 0.6 is 0 Å². The van der Waals surface area contributed by atoms with Gasteiger partial charge in [0.25, 0.3) is 0 Å². The van der Waals surface area contributed by atoms with Gasteiger partial charge in [-0.3, -0.25) is 0 Å². The Hall–Kier alpha value is -2.04. The summed E-state index contributed by atoms with van der Waals surface area (Å²) in [5, 5.41) is 35.2. The molecule has 0 aliphatic carbocycles. The maximum atomic E-state index is 8.97. The van der Waals surface area contributed by atoms with E-state index in [1.165, 1.54) is 0 Å². The van der Waals surface area contributed by atoms with Crippen molar-refractivity contribution in [2.24, 2.45) is 17.3 Å². The Labute approximate surface area is 90.0 Å². The van der Waals surface area contributed by atoms with Crippen LogP contribution in [-0.4, -0.2) is 0 Å². The Morgan fingerprint density at radius 1 is 0.867 bits per heavy atom. The van der Waals surface area contributed by atoms with Crippen LogP contribution in [0.2, 0.25) is 0 Å². The highest BCUT2D eigenvalue weighted by atomic mass is 14.4. The van der Waals surface area contributed by atoms with Gasteiger partial charge in [-0.15, -0.1) is 0 Å². The molecule has 0 saturated carbocycles. The summed E-state index contributed by atoms with van der Waals surface area (Å²) < 4.78 is 0. The van der Waals surface area contributed by atoms with Gasteiger partial charge in [-0.05, 0) is 26.7 Å². The lowest BCUT2D eigenvalue weighted by Crippen LogP contribution is -2.22. The van der Waals surface area contributed by atoms with Gasteiger partial charge in [0.05, 0.1) is 24.3 Å². The number of nitrogens with zero attached hydrogens (tertiary/aromatic N) is 4. The van der Waals surface area contributed by atoms with Gasteiger partial charge in [-0.2, -0.15) is 21.0 Å². The fourth-order valence-corrected chi connectivity index (χ4v) is 1.43. The first-order valence-corrected chi connectivity index (χ1v) is 4.65. The van der Waals surface area contributed by atoms with Crippen LogP contribution in [0.4, 0.5) is 0 Å². The van der Waals surface area contributed by atoms with E-state index < -0.39 is 5.41 Å². The van der Waals surface area contributed by atoms with Gasteiger partial charge in [-0.1, -0.05) is 0 Å². The predicted molar refractivity (Wildman–Crippen MR) is 52.4 cm³/mol. The lowest BCUT2D eigenvalue weighted by atomic mass is 9.76. The largest absolute Gasteiger partial charge is 0.198 e. The van der Waals surface area contributed by atoms with Gasteiger partial charge in [0.1, 0.15) is 5.41 Å². The van der Waals surface area contributed by atoms with Gasteiger partial charge in [-0.25, -0.2) is 0 Å². The third-order valence-corrected chi connectivity index (χ3v) is 2.18. The molecule has 4 nitrogen and oxygen atoms in total. The lowest BCUT2D eigenvalue weighted by Gasteiger charge is -2.20. The summed E-state index contributed by atoms with van der Waals surface area (Å²) in [5.74, 6) is -0.703. The molecule has 0 N–H and O–H groups in total. The molecule has 0 heterocycles. The molecular weight excluding hydrogens is 188 g/mol. The number of hydrogen-bond donors (Lipinski definition) is 0. The zero-order valence-electron chi connectivity index (χ0n) is 8.86. The van der Waals surface area contributed by atoms with Crippen LogP contribution in [0.3, 0.4) is 0 Å². The monoisotopic (exact) mass is 200 g/mol. The second-order valence-electron chi connectivity index (χ2n) is 3.77. The molecule has 0 fully saturated rings. The second-order valence-corrected chi connectivity index (χ2v) is 3.77. The fraction of sp³-hybridized carbons (Fsp3) is 0.636. The van der Waals surface area contributed by atoms with E-state index in [4.69, 9.17) is 21.0 Å². The Kier molecular flexibility index (Phi) is 4.87. The summed E-state index contributed by atoms with van der Waals surface area (Å²) in [6, 6.07) is 7.85. The molecule has 15 heavy (non-hydrogen) atoms.